The minimum absolute atomic E-state index is 1.16. The van der Waals surface area contributed by atoms with E-state index in [0.29, 0.717) is 0 Å². The number of fused-ring (bicyclic) bond motifs is 2. The van der Waals surface area contributed by atoms with Crippen LogP contribution in [-0.2, 0) is 12.8 Å². The number of aromatic nitrogens is 1. The van der Waals surface area contributed by atoms with Crippen molar-refractivity contribution in [2.24, 2.45) is 0 Å². The van der Waals surface area contributed by atoms with Crippen molar-refractivity contribution in [3.05, 3.63) is 41.1 Å². The average Bonchev–Trinajstić information content (AvgIpc) is 2.26. The molecule has 0 saturated heterocycles. The highest BCUT2D eigenvalue weighted by molar-refractivity contribution is 5.80. The Morgan fingerprint density at radius 1 is 1.07 bits per heavy atom. The topological polar surface area (TPSA) is 12.9 Å². The van der Waals surface area contributed by atoms with E-state index in [2.05, 4.69) is 31.2 Å². The Labute approximate surface area is 90.2 Å². The van der Waals surface area contributed by atoms with Gasteiger partial charge in [0.2, 0.25) is 0 Å². The third-order valence-electron chi connectivity index (χ3n) is 3.25. The molecule has 15 heavy (non-hydrogen) atoms. The zero-order valence-corrected chi connectivity index (χ0v) is 9.09. The normalized spacial score (nSPS) is 15.3. The van der Waals surface area contributed by atoms with Gasteiger partial charge >= 0.3 is 0 Å². The summed E-state index contributed by atoms with van der Waals surface area (Å²) in [6.45, 7) is 2.13. The Kier molecular flexibility index (Phi) is 1.98. The molecule has 1 aromatic carbocycles. The van der Waals surface area contributed by atoms with Crippen molar-refractivity contribution in [2.45, 2.75) is 32.6 Å². The van der Waals surface area contributed by atoms with E-state index < -0.39 is 0 Å². The van der Waals surface area contributed by atoms with E-state index in [4.69, 9.17) is 4.98 Å². The Balaban J connectivity index is 2.26. The van der Waals surface area contributed by atoms with Gasteiger partial charge in [-0.2, -0.15) is 0 Å². The lowest BCUT2D eigenvalue weighted by Crippen LogP contribution is -2.05. The van der Waals surface area contributed by atoms with Gasteiger partial charge in [0.25, 0.3) is 0 Å². The van der Waals surface area contributed by atoms with Crippen LogP contribution in [0.3, 0.4) is 0 Å². The monoisotopic (exact) mass is 197 g/mol. The fourth-order valence-corrected chi connectivity index (χ4v) is 2.40. The molecule has 2 aromatic rings. The first-order valence-electron chi connectivity index (χ1n) is 5.72. The summed E-state index contributed by atoms with van der Waals surface area (Å²) in [5.74, 6) is 0. The molecule has 0 saturated carbocycles. The fourth-order valence-electron chi connectivity index (χ4n) is 2.40. The molecule has 0 radical (unpaired) electrons. The standard InChI is InChI=1S/C14H15N/c1-10-6-7-12-9-11-4-2-3-5-13(11)15-14(12)8-10/h6-9H,2-5H2,1H3. The van der Waals surface area contributed by atoms with Gasteiger partial charge in [-0.15, -0.1) is 0 Å². The van der Waals surface area contributed by atoms with Crippen LogP contribution in [0.25, 0.3) is 10.9 Å². The highest BCUT2D eigenvalue weighted by Crippen LogP contribution is 2.24. The molecule has 3 rings (SSSR count). The zero-order valence-electron chi connectivity index (χ0n) is 9.09. The van der Waals surface area contributed by atoms with E-state index in [1.165, 1.54) is 47.9 Å². The van der Waals surface area contributed by atoms with Crippen LogP contribution in [-0.4, -0.2) is 4.98 Å². The molecule has 0 fully saturated rings. The number of aryl methyl sites for hydroxylation is 3. The third-order valence-corrected chi connectivity index (χ3v) is 3.25. The summed E-state index contributed by atoms with van der Waals surface area (Å²) < 4.78 is 0. The van der Waals surface area contributed by atoms with Crippen LogP contribution in [0.4, 0.5) is 0 Å². The summed E-state index contributed by atoms with van der Waals surface area (Å²) in [5, 5.41) is 1.29. The van der Waals surface area contributed by atoms with Crippen LogP contribution in [0, 0.1) is 6.92 Å². The van der Waals surface area contributed by atoms with Crippen LogP contribution in [0.2, 0.25) is 0 Å². The number of hydrogen-bond donors (Lipinski definition) is 0. The van der Waals surface area contributed by atoms with Crippen molar-refractivity contribution in [1.29, 1.82) is 0 Å². The van der Waals surface area contributed by atoms with Crippen molar-refractivity contribution in [2.75, 3.05) is 0 Å². The van der Waals surface area contributed by atoms with E-state index in [0.717, 1.165) is 5.52 Å². The van der Waals surface area contributed by atoms with Gasteiger partial charge in [-0.05, 0) is 55.9 Å². The Morgan fingerprint density at radius 2 is 1.93 bits per heavy atom. The van der Waals surface area contributed by atoms with Gasteiger partial charge in [0.15, 0.2) is 0 Å². The molecule has 76 valence electrons. The number of nitrogens with zero attached hydrogens (tertiary/aromatic N) is 1. The Bertz CT molecular complexity index is 514. The lowest BCUT2D eigenvalue weighted by molar-refractivity contribution is 0.671. The molecule has 1 heteroatoms. The van der Waals surface area contributed by atoms with Gasteiger partial charge in [0, 0.05) is 11.1 Å². The second-order valence-electron chi connectivity index (χ2n) is 4.50. The molecule has 0 N–H and O–H groups in total. The molecule has 0 atom stereocenters. The first kappa shape index (κ1) is 8.90. The van der Waals surface area contributed by atoms with Crippen LogP contribution in [0.1, 0.15) is 29.7 Å². The highest BCUT2D eigenvalue weighted by Gasteiger charge is 2.11. The summed E-state index contributed by atoms with van der Waals surface area (Å²) in [7, 11) is 0. The molecule has 0 amide bonds. The Hall–Kier alpha value is -1.37. The van der Waals surface area contributed by atoms with Gasteiger partial charge in [-0.25, -0.2) is 0 Å². The van der Waals surface area contributed by atoms with Crippen LogP contribution in [0.5, 0.6) is 0 Å². The molecule has 1 aliphatic rings. The maximum Gasteiger partial charge on any atom is 0.0708 e. The molecule has 1 aromatic heterocycles. The SMILES string of the molecule is Cc1ccc2cc3c(nc2c1)CCCC3. The van der Waals surface area contributed by atoms with Crippen LogP contribution >= 0.6 is 0 Å². The minimum Gasteiger partial charge on any atom is -0.253 e. The number of hydrogen-bond acceptors (Lipinski definition) is 1. The van der Waals surface area contributed by atoms with Crippen molar-refractivity contribution < 1.29 is 0 Å². The summed E-state index contributed by atoms with van der Waals surface area (Å²) in [4.78, 5) is 4.78. The molecule has 0 bridgehead atoms. The molecular weight excluding hydrogens is 182 g/mol. The van der Waals surface area contributed by atoms with E-state index in [1.54, 1.807) is 0 Å². The van der Waals surface area contributed by atoms with Crippen LogP contribution < -0.4 is 0 Å². The maximum atomic E-state index is 4.78. The Morgan fingerprint density at radius 3 is 2.87 bits per heavy atom. The van der Waals surface area contributed by atoms with Gasteiger partial charge in [0.1, 0.15) is 0 Å². The quantitative estimate of drug-likeness (QED) is 0.630. The molecule has 1 nitrogen and oxygen atoms in total. The first-order valence-corrected chi connectivity index (χ1v) is 5.72. The van der Waals surface area contributed by atoms with Gasteiger partial charge in [0.05, 0.1) is 5.52 Å². The van der Waals surface area contributed by atoms with Crippen molar-refractivity contribution in [3.63, 3.8) is 0 Å². The largest absolute Gasteiger partial charge is 0.253 e. The number of benzene rings is 1. The molecule has 0 unspecified atom stereocenters. The smallest absolute Gasteiger partial charge is 0.0708 e. The van der Waals surface area contributed by atoms with E-state index in [9.17, 15) is 0 Å². The summed E-state index contributed by atoms with van der Waals surface area (Å²) in [6, 6.07) is 8.87. The summed E-state index contributed by atoms with van der Waals surface area (Å²) in [5.41, 5.74) is 5.26. The van der Waals surface area contributed by atoms with Crippen molar-refractivity contribution in [3.8, 4) is 0 Å². The third kappa shape index (κ3) is 1.52. The van der Waals surface area contributed by atoms with Crippen molar-refractivity contribution >= 4 is 10.9 Å². The first-order chi connectivity index (χ1) is 7.33. The highest BCUT2D eigenvalue weighted by atomic mass is 14.7. The van der Waals surface area contributed by atoms with Crippen molar-refractivity contribution in [1.82, 2.24) is 4.98 Å². The second-order valence-corrected chi connectivity index (χ2v) is 4.50. The van der Waals surface area contributed by atoms with E-state index >= 15 is 0 Å². The predicted octanol–water partition coefficient (Wildman–Crippen LogP) is 3.42. The van der Waals surface area contributed by atoms with Gasteiger partial charge in [-0.1, -0.05) is 12.1 Å². The number of pyridine rings is 1. The zero-order chi connectivity index (χ0) is 10.3. The second kappa shape index (κ2) is 3.34. The van der Waals surface area contributed by atoms with E-state index in [-0.39, 0.29) is 0 Å². The molecule has 1 heterocycles. The predicted molar refractivity (Wildman–Crippen MR) is 63.1 cm³/mol. The summed E-state index contributed by atoms with van der Waals surface area (Å²) in [6.07, 6.45) is 5.01. The lowest BCUT2D eigenvalue weighted by atomic mass is 9.94. The lowest BCUT2D eigenvalue weighted by Gasteiger charge is -2.15. The van der Waals surface area contributed by atoms with Crippen LogP contribution in [0.15, 0.2) is 24.3 Å². The molecular formula is C14H15N. The van der Waals surface area contributed by atoms with Gasteiger partial charge < -0.3 is 0 Å². The number of rotatable bonds is 0. The summed E-state index contributed by atoms with van der Waals surface area (Å²) >= 11 is 0. The molecule has 0 aliphatic heterocycles. The molecule has 1 aliphatic carbocycles. The average molecular weight is 197 g/mol. The fraction of sp³-hybridized carbons (Fsp3) is 0.357. The minimum atomic E-state index is 1.16. The van der Waals surface area contributed by atoms with Gasteiger partial charge in [-0.3, -0.25) is 4.98 Å². The maximum absolute atomic E-state index is 4.78. The molecule has 0 spiro atoms. The van der Waals surface area contributed by atoms with E-state index in [1.807, 2.05) is 0 Å².